The number of nitrogens with zero attached hydrogens (tertiary/aromatic N) is 2. The summed E-state index contributed by atoms with van der Waals surface area (Å²) < 4.78 is 17.3. The topological polar surface area (TPSA) is 84.4 Å². The number of carbonyl (C=O) groups excluding carboxylic acids is 1. The largest absolute Gasteiger partial charge is 0.381 e. The zero-order valence-electron chi connectivity index (χ0n) is 15.5. The van der Waals surface area contributed by atoms with Crippen LogP contribution in [0.2, 0.25) is 0 Å². The van der Waals surface area contributed by atoms with Crippen molar-refractivity contribution in [3.05, 3.63) is 12.2 Å². The number of rotatable bonds is 6. The molecular weight excluding hydrogens is 324 g/mol. The molecule has 8 heteroatoms. The van der Waals surface area contributed by atoms with Crippen LogP contribution in [0.1, 0.15) is 19.8 Å². The van der Waals surface area contributed by atoms with Gasteiger partial charge in [-0.2, -0.15) is 0 Å². The monoisotopic (exact) mass is 354 g/mol. The van der Waals surface area contributed by atoms with Gasteiger partial charge >= 0.3 is 0 Å². The number of amides is 1. The van der Waals surface area contributed by atoms with E-state index in [4.69, 9.17) is 14.2 Å². The predicted molar refractivity (Wildman–Crippen MR) is 95.4 cm³/mol. The molecule has 0 aromatic rings. The average Bonchev–Trinajstić information content (AvgIpc) is 2.96. The first-order valence-corrected chi connectivity index (χ1v) is 8.66. The summed E-state index contributed by atoms with van der Waals surface area (Å²) in [5.41, 5.74) is 0.982. The average molecular weight is 354 g/mol. The van der Waals surface area contributed by atoms with E-state index in [1.54, 1.807) is 14.1 Å². The smallest absolute Gasteiger partial charge is 0.243 e. The van der Waals surface area contributed by atoms with Gasteiger partial charge in [-0.15, -0.1) is 0 Å². The highest BCUT2D eigenvalue weighted by Gasteiger charge is 2.42. The van der Waals surface area contributed by atoms with Gasteiger partial charge in [-0.3, -0.25) is 4.79 Å². The number of guanidine groups is 1. The maximum Gasteiger partial charge on any atom is 0.243 e. The maximum atomic E-state index is 11.7. The standard InChI is InChI=1S/C17H30N4O4/c1-13(2)9-18-16(20-11-15(22)21(3)4)19-10-14-12-24-17(25-14)5-7-23-8-6-17/h14H,1,5-12H2,2-4H3,(H2,18,19,20). The van der Waals surface area contributed by atoms with E-state index in [1.165, 1.54) is 4.90 Å². The lowest BCUT2D eigenvalue weighted by atomic mass is 10.1. The summed E-state index contributed by atoms with van der Waals surface area (Å²) in [5.74, 6) is 0.0150. The van der Waals surface area contributed by atoms with Crippen LogP contribution in [0.25, 0.3) is 0 Å². The SMILES string of the molecule is C=C(C)CNC(=NCC(=O)N(C)C)NCC1COC2(CCOCC2)O1. The second-order valence-corrected chi connectivity index (χ2v) is 6.72. The molecule has 2 aliphatic heterocycles. The molecule has 8 nitrogen and oxygen atoms in total. The van der Waals surface area contributed by atoms with Crippen LogP contribution >= 0.6 is 0 Å². The molecule has 0 saturated carbocycles. The van der Waals surface area contributed by atoms with E-state index >= 15 is 0 Å². The lowest BCUT2D eigenvalue weighted by Crippen LogP contribution is -2.44. The minimum atomic E-state index is -0.492. The van der Waals surface area contributed by atoms with Crippen LogP contribution in [0.5, 0.6) is 0 Å². The Kier molecular flexibility index (Phi) is 7.22. The second kappa shape index (κ2) is 9.17. The summed E-state index contributed by atoms with van der Waals surface area (Å²) in [4.78, 5) is 17.6. The molecule has 1 unspecified atom stereocenters. The third kappa shape index (κ3) is 6.30. The van der Waals surface area contributed by atoms with Crippen molar-refractivity contribution in [3.8, 4) is 0 Å². The van der Waals surface area contributed by atoms with Crippen LogP contribution in [0.4, 0.5) is 0 Å². The summed E-state index contributed by atoms with van der Waals surface area (Å²) in [6.45, 7) is 8.90. The third-order valence-electron chi connectivity index (χ3n) is 4.09. The quantitative estimate of drug-likeness (QED) is 0.400. The molecule has 2 fully saturated rings. The molecule has 2 N–H and O–H groups in total. The number of carbonyl (C=O) groups is 1. The van der Waals surface area contributed by atoms with Gasteiger partial charge in [0, 0.05) is 40.0 Å². The minimum Gasteiger partial charge on any atom is -0.381 e. The zero-order valence-corrected chi connectivity index (χ0v) is 15.5. The molecule has 0 bridgehead atoms. The molecule has 0 aromatic heterocycles. The normalized spacial score (nSPS) is 22.7. The van der Waals surface area contributed by atoms with Gasteiger partial charge in [-0.1, -0.05) is 12.2 Å². The lowest BCUT2D eigenvalue weighted by molar-refractivity contribution is -0.210. The molecule has 25 heavy (non-hydrogen) atoms. The predicted octanol–water partition coefficient (Wildman–Crippen LogP) is 0.108. The van der Waals surface area contributed by atoms with E-state index in [9.17, 15) is 4.79 Å². The van der Waals surface area contributed by atoms with Crippen molar-refractivity contribution < 1.29 is 19.0 Å². The van der Waals surface area contributed by atoms with E-state index in [2.05, 4.69) is 22.2 Å². The Morgan fingerprint density at radius 2 is 2.04 bits per heavy atom. The number of aliphatic imine (C=N–C) groups is 1. The Morgan fingerprint density at radius 1 is 1.32 bits per heavy atom. The first-order valence-electron chi connectivity index (χ1n) is 8.66. The molecule has 1 spiro atoms. The highest BCUT2D eigenvalue weighted by atomic mass is 16.7. The maximum absolute atomic E-state index is 11.7. The van der Waals surface area contributed by atoms with Crippen molar-refractivity contribution in [1.82, 2.24) is 15.5 Å². The Hall–Kier alpha value is -1.64. The van der Waals surface area contributed by atoms with Crippen molar-refractivity contribution in [2.75, 3.05) is 53.6 Å². The Labute approximate surface area is 149 Å². The van der Waals surface area contributed by atoms with Crippen molar-refractivity contribution >= 4 is 11.9 Å². The molecular formula is C17H30N4O4. The van der Waals surface area contributed by atoms with Gasteiger partial charge in [0.05, 0.1) is 19.8 Å². The van der Waals surface area contributed by atoms with Gasteiger partial charge in [-0.25, -0.2) is 4.99 Å². The van der Waals surface area contributed by atoms with Crippen LogP contribution in [0.3, 0.4) is 0 Å². The fourth-order valence-electron chi connectivity index (χ4n) is 2.57. The second-order valence-electron chi connectivity index (χ2n) is 6.72. The first-order chi connectivity index (χ1) is 11.9. The summed E-state index contributed by atoms with van der Waals surface area (Å²) in [7, 11) is 3.42. The van der Waals surface area contributed by atoms with Gasteiger partial charge in [0.15, 0.2) is 11.7 Å². The fourth-order valence-corrected chi connectivity index (χ4v) is 2.57. The van der Waals surface area contributed by atoms with Crippen LogP contribution < -0.4 is 10.6 Å². The summed E-state index contributed by atoms with van der Waals surface area (Å²) in [6, 6.07) is 0. The molecule has 0 radical (unpaired) electrons. The molecule has 2 aliphatic rings. The third-order valence-corrected chi connectivity index (χ3v) is 4.09. The van der Waals surface area contributed by atoms with E-state index in [0.717, 1.165) is 18.4 Å². The van der Waals surface area contributed by atoms with Crippen molar-refractivity contribution in [1.29, 1.82) is 0 Å². The van der Waals surface area contributed by atoms with Crippen LogP contribution in [0.15, 0.2) is 17.1 Å². The minimum absolute atomic E-state index is 0.0560. The molecule has 0 aliphatic carbocycles. The van der Waals surface area contributed by atoms with Crippen LogP contribution in [-0.4, -0.2) is 82.2 Å². The Balaban J connectivity index is 1.84. The molecule has 142 valence electrons. The van der Waals surface area contributed by atoms with E-state index in [0.29, 0.717) is 38.9 Å². The molecule has 1 atom stereocenters. The number of hydrogen-bond acceptors (Lipinski definition) is 5. The number of likely N-dealkylation sites (N-methyl/N-ethyl adjacent to an activating group) is 1. The van der Waals surface area contributed by atoms with Gasteiger partial charge < -0.3 is 29.7 Å². The van der Waals surface area contributed by atoms with Gasteiger partial charge in [-0.05, 0) is 6.92 Å². The molecule has 1 amide bonds. The van der Waals surface area contributed by atoms with E-state index < -0.39 is 5.79 Å². The van der Waals surface area contributed by atoms with Gasteiger partial charge in [0.2, 0.25) is 5.91 Å². The molecule has 2 saturated heterocycles. The molecule has 0 aromatic carbocycles. The summed E-state index contributed by atoms with van der Waals surface area (Å²) >= 11 is 0. The van der Waals surface area contributed by atoms with Crippen molar-refractivity contribution in [2.24, 2.45) is 4.99 Å². The van der Waals surface area contributed by atoms with Gasteiger partial charge in [0.25, 0.3) is 0 Å². The lowest BCUT2D eigenvalue weighted by Gasteiger charge is -2.31. The number of ether oxygens (including phenoxy) is 3. The summed E-state index contributed by atoms with van der Waals surface area (Å²) in [6.07, 6.45) is 1.46. The highest BCUT2D eigenvalue weighted by molar-refractivity contribution is 5.84. The van der Waals surface area contributed by atoms with Gasteiger partial charge in [0.1, 0.15) is 12.6 Å². The Morgan fingerprint density at radius 3 is 2.68 bits per heavy atom. The molecule has 2 heterocycles. The first kappa shape index (κ1) is 19.7. The summed E-state index contributed by atoms with van der Waals surface area (Å²) in [5, 5.41) is 6.38. The molecule has 2 rings (SSSR count). The van der Waals surface area contributed by atoms with Crippen LogP contribution in [0, 0.1) is 0 Å². The number of hydrogen-bond donors (Lipinski definition) is 2. The number of nitrogens with one attached hydrogen (secondary N) is 2. The van der Waals surface area contributed by atoms with Crippen molar-refractivity contribution in [2.45, 2.75) is 31.7 Å². The Bertz CT molecular complexity index is 501. The van der Waals surface area contributed by atoms with Crippen molar-refractivity contribution in [3.63, 3.8) is 0 Å². The zero-order chi connectivity index (χ0) is 18.3. The highest BCUT2D eigenvalue weighted by Crippen LogP contribution is 2.32. The van der Waals surface area contributed by atoms with E-state index in [-0.39, 0.29) is 18.6 Å². The fraction of sp³-hybridized carbons (Fsp3) is 0.765. The van der Waals surface area contributed by atoms with Crippen LogP contribution in [-0.2, 0) is 19.0 Å². The van der Waals surface area contributed by atoms with E-state index in [1.807, 2.05) is 6.92 Å².